The normalized spacial score (nSPS) is 21.2. The van der Waals surface area contributed by atoms with E-state index in [1.807, 2.05) is 36.1 Å². The van der Waals surface area contributed by atoms with Gasteiger partial charge in [-0.1, -0.05) is 24.6 Å². The number of nitrogens with one attached hydrogen (secondary N) is 1. The number of likely N-dealkylation sites (tertiary alicyclic amines) is 1. The Hall–Kier alpha value is -4.12. The minimum absolute atomic E-state index is 0.0239. The third-order valence-corrected chi connectivity index (χ3v) is 7.81. The maximum absolute atomic E-state index is 13.1. The molecule has 2 atom stereocenters. The minimum atomic E-state index is -1.07. The highest BCUT2D eigenvalue weighted by atomic mass is 16.6. The van der Waals surface area contributed by atoms with Crippen molar-refractivity contribution < 1.29 is 28.5 Å². The van der Waals surface area contributed by atoms with Gasteiger partial charge in [0.1, 0.15) is 29.7 Å². The Morgan fingerprint density at radius 3 is 2.68 bits per heavy atom. The zero-order valence-corrected chi connectivity index (χ0v) is 24.0. The van der Waals surface area contributed by atoms with E-state index in [1.54, 1.807) is 31.5 Å². The third kappa shape index (κ3) is 6.62. The summed E-state index contributed by atoms with van der Waals surface area (Å²) in [5.41, 5.74) is 0.564. The molecule has 0 aliphatic carbocycles. The summed E-state index contributed by atoms with van der Waals surface area (Å²) in [7, 11) is 1.54. The molecule has 2 saturated heterocycles. The Bertz CT molecular complexity index is 1370. The Kier molecular flexibility index (Phi) is 8.16. The van der Waals surface area contributed by atoms with Crippen LogP contribution in [0.4, 0.5) is 5.69 Å². The molecule has 2 aliphatic rings. The topological polar surface area (TPSA) is 117 Å². The smallest absolute Gasteiger partial charge is 0.256 e. The number of anilines is 1. The average molecular weight is 564 g/mol. The van der Waals surface area contributed by atoms with E-state index in [0.717, 1.165) is 12.2 Å². The molecule has 11 nitrogen and oxygen atoms in total. The predicted octanol–water partition coefficient (Wildman–Crippen LogP) is 3.48. The van der Waals surface area contributed by atoms with Crippen LogP contribution in [0.2, 0.25) is 0 Å². The Morgan fingerprint density at radius 2 is 1.95 bits per heavy atom. The van der Waals surface area contributed by atoms with Crippen molar-refractivity contribution in [1.82, 2.24) is 19.7 Å². The van der Waals surface area contributed by atoms with Crippen molar-refractivity contribution in [2.45, 2.75) is 51.9 Å². The summed E-state index contributed by atoms with van der Waals surface area (Å²) < 4.78 is 24.5. The highest BCUT2D eigenvalue weighted by Gasteiger charge is 2.45. The molecule has 2 amide bonds. The number of pyridine rings is 1. The first-order chi connectivity index (χ1) is 19.7. The molecule has 3 aromatic rings. The van der Waals surface area contributed by atoms with Gasteiger partial charge < -0.3 is 29.2 Å². The lowest BCUT2D eigenvalue weighted by molar-refractivity contribution is -0.146. The number of rotatable bonds is 11. The number of carbonyl (C=O) groups excluding carboxylic acids is 2. The fourth-order valence-electron chi connectivity index (χ4n) is 5.08. The molecular weight excluding hydrogens is 526 g/mol. The molecule has 0 saturated carbocycles. The molecule has 0 bridgehead atoms. The standard InChI is InChI=1S/C30H37N5O6/c1-5-30(20-39-23-8-6-21(2)7-9-23)18-34(19-30)27(36)16-35-15-22(14-32-35)33-28(37)29(3)13-25(17-40-29)41-24-10-11-31-26(12-24)38-4/h6-12,14-15,25H,5,13,16-20H2,1-4H3,(H,33,37). The number of carbonyl (C=O) groups is 2. The van der Waals surface area contributed by atoms with Crippen LogP contribution in [-0.2, 0) is 20.9 Å². The fourth-order valence-corrected chi connectivity index (χ4v) is 5.08. The van der Waals surface area contributed by atoms with Gasteiger partial charge >= 0.3 is 0 Å². The maximum Gasteiger partial charge on any atom is 0.256 e. The molecule has 11 heteroatoms. The van der Waals surface area contributed by atoms with Gasteiger partial charge in [-0.05, 0) is 38.5 Å². The van der Waals surface area contributed by atoms with E-state index in [9.17, 15) is 9.59 Å². The van der Waals surface area contributed by atoms with Crippen molar-refractivity contribution in [1.29, 1.82) is 0 Å². The molecule has 2 aromatic heterocycles. The number of aromatic nitrogens is 3. The van der Waals surface area contributed by atoms with Crippen molar-refractivity contribution in [3.05, 3.63) is 60.6 Å². The SMILES string of the molecule is CCC1(COc2ccc(C)cc2)CN(C(=O)Cn2cc(NC(=O)C3(C)CC(Oc4ccnc(OC)c4)CO3)cn2)C1. The lowest BCUT2D eigenvalue weighted by Gasteiger charge is -2.49. The van der Waals surface area contributed by atoms with Crippen LogP contribution in [0.5, 0.6) is 17.4 Å². The lowest BCUT2D eigenvalue weighted by Crippen LogP contribution is -2.61. The van der Waals surface area contributed by atoms with Crippen LogP contribution < -0.4 is 19.5 Å². The Labute approximate surface area is 239 Å². The van der Waals surface area contributed by atoms with Crippen LogP contribution in [0.3, 0.4) is 0 Å². The fraction of sp³-hybridized carbons (Fsp3) is 0.467. The number of ether oxygens (including phenoxy) is 4. The van der Waals surface area contributed by atoms with E-state index in [1.165, 1.54) is 23.6 Å². The van der Waals surface area contributed by atoms with Gasteiger partial charge in [-0.15, -0.1) is 0 Å². The summed E-state index contributed by atoms with van der Waals surface area (Å²) in [6.45, 7) is 8.12. The Balaban J connectivity index is 1.08. The third-order valence-electron chi connectivity index (χ3n) is 7.81. The molecule has 2 unspecified atom stereocenters. The van der Waals surface area contributed by atoms with Crippen molar-refractivity contribution in [2.24, 2.45) is 5.41 Å². The van der Waals surface area contributed by atoms with Crippen LogP contribution in [0.25, 0.3) is 0 Å². The molecule has 2 fully saturated rings. The quantitative estimate of drug-likeness (QED) is 0.377. The van der Waals surface area contributed by atoms with Gasteiger partial charge in [-0.2, -0.15) is 5.10 Å². The van der Waals surface area contributed by atoms with Crippen molar-refractivity contribution in [3.8, 4) is 17.4 Å². The number of hydrogen-bond donors (Lipinski definition) is 1. The summed E-state index contributed by atoms with van der Waals surface area (Å²) in [6.07, 6.45) is 5.78. The first-order valence-corrected chi connectivity index (χ1v) is 13.8. The summed E-state index contributed by atoms with van der Waals surface area (Å²) in [4.78, 5) is 31.9. The van der Waals surface area contributed by atoms with Gasteiger partial charge in [0.05, 0.1) is 32.2 Å². The summed E-state index contributed by atoms with van der Waals surface area (Å²) in [5, 5.41) is 7.13. The number of amides is 2. The molecule has 41 heavy (non-hydrogen) atoms. The van der Waals surface area contributed by atoms with Gasteiger partial charge in [0.25, 0.3) is 5.91 Å². The maximum atomic E-state index is 13.1. The van der Waals surface area contributed by atoms with E-state index in [4.69, 9.17) is 18.9 Å². The number of aryl methyl sites for hydroxylation is 1. The largest absolute Gasteiger partial charge is 0.493 e. The molecule has 5 rings (SSSR count). The highest BCUT2D eigenvalue weighted by molar-refractivity contribution is 5.97. The van der Waals surface area contributed by atoms with Gasteiger partial charge in [-0.3, -0.25) is 14.3 Å². The van der Waals surface area contributed by atoms with E-state index >= 15 is 0 Å². The van der Waals surface area contributed by atoms with Gasteiger partial charge in [0.2, 0.25) is 11.8 Å². The van der Waals surface area contributed by atoms with E-state index < -0.39 is 5.60 Å². The zero-order valence-electron chi connectivity index (χ0n) is 24.0. The molecule has 2 aliphatic heterocycles. The minimum Gasteiger partial charge on any atom is -0.493 e. The first-order valence-electron chi connectivity index (χ1n) is 13.8. The second kappa shape index (κ2) is 11.8. The van der Waals surface area contributed by atoms with Gasteiger partial charge in [-0.25, -0.2) is 4.98 Å². The molecule has 218 valence electrons. The van der Waals surface area contributed by atoms with E-state index in [2.05, 4.69) is 22.3 Å². The van der Waals surface area contributed by atoms with Crippen molar-refractivity contribution >= 4 is 17.5 Å². The molecule has 1 aromatic carbocycles. The molecule has 0 radical (unpaired) electrons. The monoisotopic (exact) mass is 563 g/mol. The second-order valence-corrected chi connectivity index (χ2v) is 11.1. The number of nitrogens with zero attached hydrogens (tertiary/aromatic N) is 4. The van der Waals surface area contributed by atoms with Crippen LogP contribution in [0, 0.1) is 12.3 Å². The lowest BCUT2D eigenvalue weighted by atomic mass is 9.78. The average Bonchev–Trinajstić information content (AvgIpc) is 3.55. The van der Waals surface area contributed by atoms with E-state index in [0.29, 0.717) is 43.4 Å². The Morgan fingerprint density at radius 1 is 1.17 bits per heavy atom. The van der Waals surface area contributed by atoms with E-state index in [-0.39, 0.29) is 36.5 Å². The van der Waals surface area contributed by atoms with Crippen LogP contribution >= 0.6 is 0 Å². The summed E-state index contributed by atoms with van der Waals surface area (Å²) in [6, 6.07) is 11.4. The number of methoxy groups -OCH3 is 1. The number of hydrogen-bond acceptors (Lipinski definition) is 8. The molecule has 1 N–H and O–H groups in total. The van der Waals surface area contributed by atoms with Crippen LogP contribution in [0.15, 0.2) is 55.0 Å². The molecule has 4 heterocycles. The van der Waals surface area contributed by atoms with Gasteiger partial charge in [0, 0.05) is 43.4 Å². The second-order valence-electron chi connectivity index (χ2n) is 11.1. The summed E-state index contributed by atoms with van der Waals surface area (Å²) in [5.74, 6) is 1.56. The molecular formula is C30H37N5O6. The molecule has 0 spiro atoms. The van der Waals surface area contributed by atoms with Crippen LogP contribution in [0.1, 0.15) is 32.3 Å². The first kappa shape index (κ1) is 28.4. The van der Waals surface area contributed by atoms with Gasteiger partial charge in [0.15, 0.2) is 0 Å². The van der Waals surface area contributed by atoms with Crippen molar-refractivity contribution in [3.63, 3.8) is 0 Å². The highest BCUT2D eigenvalue weighted by Crippen LogP contribution is 2.35. The predicted molar refractivity (Wildman–Crippen MR) is 151 cm³/mol. The zero-order chi connectivity index (χ0) is 29.0. The van der Waals surface area contributed by atoms with Crippen molar-refractivity contribution in [2.75, 3.05) is 38.7 Å². The number of benzene rings is 1. The summed E-state index contributed by atoms with van der Waals surface area (Å²) >= 11 is 0. The van der Waals surface area contributed by atoms with Crippen LogP contribution in [-0.4, -0.2) is 76.6 Å².